The summed E-state index contributed by atoms with van der Waals surface area (Å²) in [6, 6.07) is 6.44. The van der Waals surface area contributed by atoms with Gasteiger partial charge in [0.25, 0.3) is 15.9 Å². The number of halogens is 1. The monoisotopic (exact) mass is 374 g/mol. The van der Waals surface area contributed by atoms with Crippen molar-refractivity contribution in [2.75, 3.05) is 26.2 Å². The van der Waals surface area contributed by atoms with E-state index in [2.05, 4.69) is 0 Å². The molecule has 0 bridgehead atoms. The highest BCUT2D eigenvalue weighted by Gasteiger charge is 2.32. The van der Waals surface area contributed by atoms with Crippen molar-refractivity contribution < 1.29 is 17.6 Å². The van der Waals surface area contributed by atoms with Crippen LogP contribution >= 0.6 is 22.9 Å². The quantitative estimate of drug-likeness (QED) is 0.827. The average Bonchev–Trinajstić information content (AvgIpc) is 3.15. The Balaban J connectivity index is 1.67. The lowest BCUT2D eigenvalue weighted by Gasteiger charge is -2.33. The highest BCUT2D eigenvalue weighted by atomic mass is 35.5. The molecule has 1 aliphatic heterocycles. The minimum atomic E-state index is -3.54. The standard InChI is InChI=1S/C14H15ClN2O4S2/c1-10-2-3-11(21-10)14(18)16-6-8-17(9-7-16)23(19,20)13-5-4-12(15)22-13/h2-5H,6-9H2,1H3. The lowest BCUT2D eigenvalue weighted by molar-refractivity contribution is 0.0664. The van der Waals surface area contributed by atoms with Gasteiger partial charge in [-0.05, 0) is 31.2 Å². The smallest absolute Gasteiger partial charge is 0.289 e. The SMILES string of the molecule is Cc1ccc(C(=O)N2CCN(S(=O)(=O)c3ccc(Cl)s3)CC2)o1. The Labute approximate surface area is 143 Å². The van der Waals surface area contributed by atoms with Crippen LogP contribution in [0.1, 0.15) is 16.3 Å². The Morgan fingerprint density at radius 2 is 1.87 bits per heavy atom. The maximum atomic E-state index is 12.5. The van der Waals surface area contributed by atoms with Crippen LogP contribution in [0.4, 0.5) is 0 Å². The molecule has 0 atom stereocenters. The first-order chi connectivity index (χ1) is 10.9. The molecular formula is C14H15ClN2O4S2. The number of hydrogen-bond donors (Lipinski definition) is 0. The first-order valence-electron chi connectivity index (χ1n) is 6.99. The van der Waals surface area contributed by atoms with Gasteiger partial charge in [-0.15, -0.1) is 11.3 Å². The van der Waals surface area contributed by atoms with E-state index in [-0.39, 0.29) is 29.0 Å². The highest BCUT2D eigenvalue weighted by molar-refractivity contribution is 7.91. The molecule has 0 aliphatic carbocycles. The lowest BCUT2D eigenvalue weighted by atomic mass is 10.3. The molecule has 9 heteroatoms. The van der Waals surface area contributed by atoms with Crippen molar-refractivity contribution in [3.8, 4) is 0 Å². The maximum absolute atomic E-state index is 12.5. The van der Waals surface area contributed by atoms with E-state index in [1.54, 1.807) is 30.0 Å². The van der Waals surface area contributed by atoms with Gasteiger partial charge in [0.15, 0.2) is 5.76 Å². The van der Waals surface area contributed by atoms with Crippen molar-refractivity contribution in [2.24, 2.45) is 0 Å². The van der Waals surface area contributed by atoms with Gasteiger partial charge in [-0.1, -0.05) is 11.6 Å². The van der Waals surface area contributed by atoms with Gasteiger partial charge in [0.05, 0.1) is 4.34 Å². The molecule has 6 nitrogen and oxygen atoms in total. The number of thiophene rings is 1. The van der Waals surface area contributed by atoms with Gasteiger partial charge in [0.1, 0.15) is 9.97 Å². The molecule has 1 aliphatic rings. The number of sulfonamides is 1. The highest BCUT2D eigenvalue weighted by Crippen LogP contribution is 2.28. The van der Waals surface area contributed by atoms with Crippen molar-refractivity contribution in [1.82, 2.24) is 9.21 Å². The van der Waals surface area contributed by atoms with Gasteiger partial charge >= 0.3 is 0 Å². The summed E-state index contributed by atoms with van der Waals surface area (Å²) in [5, 5.41) is 0. The van der Waals surface area contributed by atoms with Crippen molar-refractivity contribution >= 4 is 38.9 Å². The fourth-order valence-electron chi connectivity index (χ4n) is 2.40. The first-order valence-corrected chi connectivity index (χ1v) is 9.62. The van der Waals surface area contributed by atoms with Crippen molar-refractivity contribution in [3.63, 3.8) is 0 Å². The van der Waals surface area contributed by atoms with Gasteiger partial charge < -0.3 is 9.32 Å². The fraction of sp³-hybridized carbons (Fsp3) is 0.357. The van der Waals surface area contributed by atoms with Crippen LogP contribution < -0.4 is 0 Å². The third kappa shape index (κ3) is 3.30. The molecule has 1 fully saturated rings. The van der Waals surface area contributed by atoms with Gasteiger partial charge in [0, 0.05) is 26.2 Å². The van der Waals surface area contributed by atoms with Gasteiger partial charge in [-0.2, -0.15) is 4.31 Å². The van der Waals surface area contributed by atoms with E-state index >= 15 is 0 Å². The summed E-state index contributed by atoms with van der Waals surface area (Å²) in [5.74, 6) is 0.738. The Kier molecular flexibility index (Phi) is 4.50. The number of nitrogens with zero attached hydrogens (tertiary/aromatic N) is 2. The zero-order valence-electron chi connectivity index (χ0n) is 12.4. The van der Waals surface area contributed by atoms with Gasteiger partial charge in [-0.25, -0.2) is 8.42 Å². The largest absolute Gasteiger partial charge is 0.456 e. The van der Waals surface area contributed by atoms with E-state index in [9.17, 15) is 13.2 Å². The van der Waals surface area contributed by atoms with Crippen LogP contribution in [0.25, 0.3) is 0 Å². The summed E-state index contributed by atoms with van der Waals surface area (Å²) in [7, 11) is -3.54. The molecule has 2 aromatic heterocycles. The van der Waals surface area contributed by atoms with Crippen molar-refractivity contribution in [3.05, 3.63) is 40.1 Å². The van der Waals surface area contributed by atoms with E-state index < -0.39 is 10.0 Å². The zero-order chi connectivity index (χ0) is 16.6. The number of carbonyl (C=O) groups excluding carboxylic acids is 1. The average molecular weight is 375 g/mol. The van der Waals surface area contributed by atoms with E-state index in [0.29, 0.717) is 23.2 Å². The first kappa shape index (κ1) is 16.5. The molecule has 0 saturated carbocycles. The molecule has 1 amide bonds. The molecule has 0 radical (unpaired) electrons. The second-order valence-electron chi connectivity index (χ2n) is 5.17. The summed E-state index contributed by atoms with van der Waals surface area (Å²) in [6.45, 7) is 2.94. The maximum Gasteiger partial charge on any atom is 0.289 e. The normalized spacial score (nSPS) is 16.7. The summed E-state index contributed by atoms with van der Waals surface area (Å²) < 4.78 is 32.4. The Bertz CT molecular complexity index is 819. The molecule has 2 aromatic rings. The van der Waals surface area contributed by atoms with Crippen LogP contribution in [-0.2, 0) is 10.0 Å². The molecular weight excluding hydrogens is 360 g/mol. The van der Waals surface area contributed by atoms with Crippen LogP contribution in [0.5, 0.6) is 0 Å². The molecule has 0 spiro atoms. The number of aryl methyl sites for hydroxylation is 1. The Hall–Kier alpha value is -1.35. The molecule has 0 aromatic carbocycles. The third-order valence-corrected chi connectivity index (χ3v) is 7.22. The third-order valence-electron chi connectivity index (χ3n) is 3.62. The Morgan fingerprint density at radius 3 is 2.39 bits per heavy atom. The number of amides is 1. The summed E-state index contributed by atoms with van der Waals surface area (Å²) in [4.78, 5) is 13.9. The predicted octanol–water partition coefficient (Wildman–Crippen LogP) is 2.45. The molecule has 3 heterocycles. The molecule has 124 valence electrons. The summed E-state index contributed by atoms with van der Waals surface area (Å²) in [6.07, 6.45) is 0. The van der Waals surface area contributed by atoms with Crippen LogP contribution in [0.15, 0.2) is 32.9 Å². The van der Waals surface area contributed by atoms with Crippen molar-refractivity contribution in [1.29, 1.82) is 0 Å². The number of rotatable bonds is 3. The zero-order valence-corrected chi connectivity index (χ0v) is 14.7. The Morgan fingerprint density at radius 1 is 1.17 bits per heavy atom. The fourth-order valence-corrected chi connectivity index (χ4v) is 5.46. The summed E-state index contributed by atoms with van der Waals surface area (Å²) >= 11 is 6.85. The minimum absolute atomic E-state index is 0.214. The van der Waals surface area contributed by atoms with Crippen LogP contribution in [0, 0.1) is 6.92 Å². The number of carbonyl (C=O) groups is 1. The number of piperazine rings is 1. The lowest BCUT2D eigenvalue weighted by Crippen LogP contribution is -2.50. The van der Waals surface area contributed by atoms with Gasteiger partial charge in [0.2, 0.25) is 0 Å². The second kappa shape index (κ2) is 6.27. The minimum Gasteiger partial charge on any atom is -0.456 e. The summed E-state index contributed by atoms with van der Waals surface area (Å²) in [5.41, 5.74) is 0. The number of furan rings is 1. The van der Waals surface area contributed by atoms with Crippen LogP contribution in [0.3, 0.4) is 0 Å². The molecule has 3 rings (SSSR count). The molecule has 23 heavy (non-hydrogen) atoms. The van der Waals surface area contributed by atoms with Crippen LogP contribution in [-0.4, -0.2) is 49.7 Å². The van der Waals surface area contributed by atoms with E-state index in [1.165, 1.54) is 10.4 Å². The van der Waals surface area contributed by atoms with Crippen molar-refractivity contribution in [2.45, 2.75) is 11.1 Å². The number of hydrogen-bond acceptors (Lipinski definition) is 5. The molecule has 0 unspecified atom stereocenters. The topological polar surface area (TPSA) is 70.8 Å². The van der Waals surface area contributed by atoms with E-state index in [4.69, 9.17) is 16.0 Å². The predicted molar refractivity (Wildman–Crippen MR) is 87.4 cm³/mol. The van der Waals surface area contributed by atoms with E-state index in [0.717, 1.165) is 11.3 Å². The van der Waals surface area contributed by atoms with Gasteiger partial charge in [-0.3, -0.25) is 4.79 Å². The second-order valence-corrected chi connectivity index (χ2v) is 9.04. The van der Waals surface area contributed by atoms with E-state index in [1.807, 2.05) is 0 Å². The molecule has 1 saturated heterocycles. The molecule has 0 N–H and O–H groups in total. The van der Waals surface area contributed by atoms with Crippen LogP contribution in [0.2, 0.25) is 4.34 Å².